The van der Waals surface area contributed by atoms with Crippen LogP contribution in [0.1, 0.15) is 11.3 Å². The molecule has 2 aromatic rings. The first-order chi connectivity index (χ1) is 7.65. The van der Waals surface area contributed by atoms with Gasteiger partial charge in [-0.15, -0.1) is 0 Å². The summed E-state index contributed by atoms with van der Waals surface area (Å²) in [6.07, 6.45) is 2.02. The fraction of sp³-hybridized carbons (Fsp3) is 0.250. The molecule has 0 radical (unpaired) electrons. The molecule has 3 nitrogen and oxygen atoms in total. The Morgan fingerprint density at radius 3 is 2.88 bits per heavy atom. The molecule has 0 aliphatic rings. The predicted molar refractivity (Wildman–Crippen MR) is 66.7 cm³/mol. The Bertz CT molecular complexity index is 491. The van der Waals surface area contributed by atoms with Crippen LogP contribution in [0.2, 0.25) is 5.02 Å². The normalized spacial score (nSPS) is 10.4. The Morgan fingerprint density at radius 1 is 1.44 bits per heavy atom. The summed E-state index contributed by atoms with van der Waals surface area (Å²) in [4.78, 5) is 0. The summed E-state index contributed by atoms with van der Waals surface area (Å²) in [5, 5.41) is 8.35. The molecule has 0 aliphatic heterocycles. The molecular weight excluding hydrogens is 222 g/mol. The molecule has 16 heavy (non-hydrogen) atoms. The van der Waals surface area contributed by atoms with Gasteiger partial charge in [-0.3, -0.25) is 4.68 Å². The molecule has 0 saturated heterocycles. The third-order valence-electron chi connectivity index (χ3n) is 2.42. The quantitative estimate of drug-likeness (QED) is 0.887. The van der Waals surface area contributed by atoms with Crippen molar-refractivity contribution >= 4 is 17.3 Å². The molecule has 0 bridgehead atoms. The standard InChI is InChI=1S/C12H14ClN3/c1-9-10(8-16(2)15-9)7-14-12-5-3-4-11(13)6-12/h3-6,8,14H,7H2,1-2H3. The Hall–Kier alpha value is -1.48. The fourth-order valence-corrected chi connectivity index (χ4v) is 1.81. The van der Waals surface area contributed by atoms with Gasteiger partial charge in [0.05, 0.1) is 5.69 Å². The highest BCUT2D eigenvalue weighted by Crippen LogP contribution is 2.16. The lowest BCUT2D eigenvalue weighted by Crippen LogP contribution is -1.99. The van der Waals surface area contributed by atoms with Gasteiger partial charge in [0, 0.05) is 36.1 Å². The van der Waals surface area contributed by atoms with Gasteiger partial charge in [0.15, 0.2) is 0 Å². The Balaban J connectivity index is 2.05. The highest BCUT2D eigenvalue weighted by Gasteiger charge is 2.02. The minimum atomic E-state index is 0.743. The number of hydrogen-bond acceptors (Lipinski definition) is 2. The van der Waals surface area contributed by atoms with Crippen LogP contribution in [0.5, 0.6) is 0 Å². The highest BCUT2D eigenvalue weighted by molar-refractivity contribution is 6.30. The maximum absolute atomic E-state index is 5.91. The number of benzene rings is 1. The Kier molecular flexibility index (Phi) is 3.15. The molecule has 1 heterocycles. The van der Waals surface area contributed by atoms with E-state index in [1.807, 2.05) is 49.1 Å². The Morgan fingerprint density at radius 2 is 2.25 bits per heavy atom. The van der Waals surface area contributed by atoms with Crippen LogP contribution in [0.4, 0.5) is 5.69 Å². The van der Waals surface area contributed by atoms with E-state index in [2.05, 4.69) is 10.4 Å². The van der Waals surface area contributed by atoms with Gasteiger partial charge in [0.2, 0.25) is 0 Å². The number of aryl methyl sites for hydroxylation is 2. The van der Waals surface area contributed by atoms with Crippen LogP contribution in [0, 0.1) is 6.92 Å². The zero-order chi connectivity index (χ0) is 11.5. The molecule has 0 atom stereocenters. The molecule has 0 amide bonds. The summed E-state index contributed by atoms with van der Waals surface area (Å²) >= 11 is 5.91. The van der Waals surface area contributed by atoms with Crippen LogP contribution >= 0.6 is 11.6 Å². The van der Waals surface area contributed by atoms with Crippen molar-refractivity contribution in [2.75, 3.05) is 5.32 Å². The van der Waals surface area contributed by atoms with Crippen LogP contribution in [0.15, 0.2) is 30.5 Å². The van der Waals surface area contributed by atoms with Crippen molar-refractivity contribution in [2.45, 2.75) is 13.5 Å². The second-order valence-electron chi connectivity index (χ2n) is 3.78. The SMILES string of the molecule is Cc1nn(C)cc1CNc1cccc(Cl)c1. The molecule has 4 heteroatoms. The average molecular weight is 236 g/mol. The summed E-state index contributed by atoms with van der Waals surface area (Å²) in [6.45, 7) is 2.77. The number of nitrogens with one attached hydrogen (secondary N) is 1. The molecule has 1 aromatic carbocycles. The van der Waals surface area contributed by atoms with Gasteiger partial charge < -0.3 is 5.32 Å². The number of nitrogens with zero attached hydrogens (tertiary/aromatic N) is 2. The molecule has 1 aromatic heterocycles. The van der Waals surface area contributed by atoms with Crippen LogP contribution in [-0.4, -0.2) is 9.78 Å². The predicted octanol–water partition coefficient (Wildman–Crippen LogP) is 2.99. The molecule has 1 N–H and O–H groups in total. The van der Waals surface area contributed by atoms with Gasteiger partial charge in [-0.25, -0.2) is 0 Å². The summed E-state index contributed by atoms with van der Waals surface area (Å²) in [5.74, 6) is 0. The third kappa shape index (κ3) is 2.55. The van der Waals surface area contributed by atoms with Gasteiger partial charge in [-0.2, -0.15) is 5.10 Å². The van der Waals surface area contributed by atoms with Crippen LogP contribution in [-0.2, 0) is 13.6 Å². The first kappa shape index (κ1) is 11.0. The zero-order valence-electron chi connectivity index (χ0n) is 9.37. The second-order valence-corrected chi connectivity index (χ2v) is 4.21. The maximum Gasteiger partial charge on any atom is 0.0643 e. The van der Waals surface area contributed by atoms with E-state index in [-0.39, 0.29) is 0 Å². The molecule has 0 spiro atoms. The largest absolute Gasteiger partial charge is 0.381 e. The fourth-order valence-electron chi connectivity index (χ4n) is 1.62. The lowest BCUT2D eigenvalue weighted by Gasteiger charge is -2.05. The topological polar surface area (TPSA) is 29.9 Å². The van der Waals surface area contributed by atoms with E-state index in [0.717, 1.165) is 22.9 Å². The van der Waals surface area contributed by atoms with Crippen LogP contribution in [0.3, 0.4) is 0 Å². The highest BCUT2D eigenvalue weighted by atomic mass is 35.5. The van der Waals surface area contributed by atoms with Crippen molar-refractivity contribution in [3.63, 3.8) is 0 Å². The van der Waals surface area contributed by atoms with Gasteiger partial charge >= 0.3 is 0 Å². The first-order valence-corrected chi connectivity index (χ1v) is 5.51. The lowest BCUT2D eigenvalue weighted by molar-refractivity contribution is 0.756. The maximum atomic E-state index is 5.91. The minimum Gasteiger partial charge on any atom is -0.381 e. The number of anilines is 1. The summed E-state index contributed by atoms with van der Waals surface area (Å²) < 4.78 is 1.82. The third-order valence-corrected chi connectivity index (χ3v) is 2.66. The summed E-state index contributed by atoms with van der Waals surface area (Å²) in [6, 6.07) is 7.70. The minimum absolute atomic E-state index is 0.743. The lowest BCUT2D eigenvalue weighted by atomic mass is 10.2. The first-order valence-electron chi connectivity index (χ1n) is 5.14. The Labute approximate surface area is 100 Å². The van der Waals surface area contributed by atoms with Crippen molar-refractivity contribution in [1.29, 1.82) is 0 Å². The molecular formula is C12H14ClN3. The van der Waals surface area contributed by atoms with E-state index in [1.54, 1.807) is 0 Å². The van der Waals surface area contributed by atoms with E-state index in [1.165, 1.54) is 5.56 Å². The average Bonchev–Trinajstić information content (AvgIpc) is 2.54. The molecule has 2 rings (SSSR count). The monoisotopic (exact) mass is 235 g/mol. The van der Waals surface area contributed by atoms with Gasteiger partial charge in [0.25, 0.3) is 0 Å². The molecule has 84 valence electrons. The molecule has 0 aliphatic carbocycles. The molecule has 0 fully saturated rings. The van der Waals surface area contributed by atoms with E-state index in [4.69, 9.17) is 11.6 Å². The van der Waals surface area contributed by atoms with Crippen molar-refractivity contribution in [3.8, 4) is 0 Å². The summed E-state index contributed by atoms with van der Waals surface area (Å²) in [5.41, 5.74) is 3.27. The van der Waals surface area contributed by atoms with Crippen LogP contribution in [0.25, 0.3) is 0 Å². The molecule has 0 unspecified atom stereocenters. The van der Waals surface area contributed by atoms with E-state index >= 15 is 0 Å². The van der Waals surface area contributed by atoms with Crippen molar-refractivity contribution in [3.05, 3.63) is 46.7 Å². The number of hydrogen-bond donors (Lipinski definition) is 1. The number of aromatic nitrogens is 2. The van der Waals surface area contributed by atoms with Crippen molar-refractivity contribution in [2.24, 2.45) is 7.05 Å². The van der Waals surface area contributed by atoms with Crippen molar-refractivity contribution < 1.29 is 0 Å². The molecule has 0 saturated carbocycles. The second kappa shape index (κ2) is 4.58. The zero-order valence-corrected chi connectivity index (χ0v) is 10.1. The smallest absolute Gasteiger partial charge is 0.0643 e. The van der Waals surface area contributed by atoms with Gasteiger partial charge in [-0.1, -0.05) is 17.7 Å². The van der Waals surface area contributed by atoms with E-state index < -0.39 is 0 Å². The number of rotatable bonds is 3. The van der Waals surface area contributed by atoms with Gasteiger partial charge in [0.1, 0.15) is 0 Å². The van der Waals surface area contributed by atoms with E-state index in [0.29, 0.717) is 0 Å². The van der Waals surface area contributed by atoms with Crippen LogP contribution < -0.4 is 5.32 Å². The van der Waals surface area contributed by atoms with Gasteiger partial charge in [-0.05, 0) is 25.1 Å². The summed E-state index contributed by atoms with van der Waals surface area (Å²) in [7, 11) is 1.93. The van der Waals surface area contributed by atoms with E-state index in [9.17, 15) is 0 Å². The van der Waals surface area contributed by atoms with Crippen molar-refractivity contribution in [1.82, 2.24) is 9.78 Å². The number of halogens is 1.